The Balaban J connectivity index is 2.23. The molecule has 20 heavy (non-hydrogen) atoms. The predicted molar refractivity (Wildman–Crippen MR) is 71.8 cm³/mol. The maximum atomic E-state index is 12.4. The standard InChI is InChI=1S/C13H17NO5S/c15-9-11-2-1-7-14(11)20(18,19)12-5-3-10(4-6-12)8-13(16)17/h3-6,11,15H,1-2,7-9H2,(H,16,17). The molecule has 7 heteroatoms. The summed E-state index contributed by atoms with van der Waals surface area (Å²) < 4.78 is 26.2. The molecule has 110 valence electrons. The van der Waals surface area contributed by atoms with Crippen LogP contribution in [-0.4, -0.2) is 48.1 Å². The number of rotatable bonds is 5. The summed E-state index contributed by atoms with van der Waals surface area (Å²) in [5, 5.41) is 17.9. The Hall–Kier alpha value is -1.44. The van der Waals surface area contributed by atoms with E-state index < -0.39 is 16.0 Å². The summed E-state index contributed by atoms with van der Waals surface area (Å²) in [7, 11) is -3.62. The highest BCUT2D eigenvalue weighted by Crippen LogP contribution is 2.25. The van der Waals surface area contributed by atoms with E-state index in [1.807, 2.05) is 0 Å². The predicted octanol–water partition coefficient (Wildman–Crippen LogP) is 0.459. The average molecular weight is 299 g/mol. The SMILES string of the molecule is O=C(O)Cc1ccc(S(=O)(=O)N2CCCC2CO)cc1. The van der Waals surface area contributed by atoms with E-state index in [4.69, 9.17) is 5.11 Å². The summed E-state index contributed by atoms with van der Waals surface area (Å²) in [4.78, 5) is 10.7. The van der Waals surface area contributed by atoms with Crippen LogP contribution < -0.4 is 0 Å². The molecule has 0 spiro atoms. The summed E-state index contributed by atoms with van der Waals surface area (Å²) in [6.07, 6.45) is 1.26. The van der Waals surface area contributed by atoms with Crippen molar-refractivity contribution < 1.29 is 23.4 Å². The highest BCUT2D eigenvalue weighted by molar-refractivity contribution is 7.89. The zero-order valence-corrected chi connectivity index (χ0v) is 11.7. The van der Waals surface area contributed by atoms with Crippen LogP contribution in [0.25, 0.3) is 0 Å². The number of aliphatic carboxylic acids is 1. The second-order valence-electron chi connectivity index (χ2n) is 4.81. The minimum Gasteiger partial charge on any atom is -0.481 e. The van der Waals surface area contributed by atoms with Crippen LogP contribution in [0.1, 0.15) is 18.4 Å². The summed E-state index contributed by atoms with van der Waals surface area (Å²) in [6, 6.07) is 5.48. The molecule has 1 unspecified atom stereocenters. The monoisotopic (exact) mass is 299 g/mol. The fraction of sp³-hybridized carbons (Fsp3) is 0.462. The Morgan fingerprint density at radius 1 is 1.30 bits per heavy atom. The number of aliphatic hydroxyl groups excluding tert-OH is 1. The summed E-state index contributed by atoms with van der Waals surface area (Å²) in [5.74, 6) is -0.958. The molecule has 1 saturated heterocycles. The van der Waals surface area contributed by atoms with Gasteiger partial charge >= 0.3 is 5.97 Å². The molecule has 0 aliphatic carbocycles. The number of hydrogen-bond acceptors (Lipinski definition) is 4. The lowest BCUT2D eigenvalue weighted by Crippen LogP contribution is -2.37. The van der Waals surface area contributed by atoms with Crippen LogP contribution in [0.5, 0.6) is 0 Å². The van der Waals surface area contributed by atoms with Gasteiger partial charge in [0.15, 0.2) is 0 Å². The first-order chi connectivity index (χ1) is 9.45. The third kappa shape index (κ3) is 3.00. The van der Waals surface area contributed by atoms with Gasteiger partial charge in [0.25, 0.3) is 0 Å². The smallest absolute Gasteiger partial charge is 0.307 e. The van der Waals surface area contributed by atoms with Crippen molar-refractivity contribution in [1.82, 2.24) is 4.31 Å². The molecule has 0 aromatic heterocycles. The number of sulfonamides is 1. The Labute approximate surface area is 117 Å². The molecular formula is C13H17NO5S. The Morgan fingerprint density at radius 3 is 2.50 bits per heavy atom. The molecule has 2 N–H and O–H groups in total. The Bertz CT molecular complexity index is 581. The third-order valence-electron chi connectivity index (χ3n) is 3.42. The van der Waals surface area contributed by atoms with Gasteiger partial charge in [-0.3, -0.25) is 4.79 Å². The minimum absolute atomic E-state index is 0.131. The quantitative estimate of drug-likeness (QED) is 0.823. The van der Waals surface area contributed by atoms with Gasteiger partial charge in [-0.2, -0.15) is 4.31 Å². The Kier molecular flexibility index (Phi) is 4.42. The van der Waals surface area contributed by atoms with Crippen LogP contribution in [0.4, 0.5) is 0 Å². The van der Waals surface area contributed by atoms with Crippen molar-refractivity contribution in [3.8, 4) is 0 Å². The van der Waals surface area contributed by atoms with Gasteiger partial charge in [-0.25, -0.2) is 8.42 Å². The highest BCUT2D eigenvalue weighted by Gasteiger charge is 2.34. The van der Waals surface area contributed by atoms with Crippen molar-refractivity contribution in [3.05, 3.63) is 29.8 Å². The lowest BCUT2D eigenvalue weighted by atomic mass is 10.2. The van der Waals surface area contributed by atoms with Crippen molar-refractivity contribution in [2.45, 2.75) is 30.2 Å². The number of carboxylic acids is 1. The van der Waals surface area contributed by atoms with E-state index in [0.29, 0.717) is 18.5 Å². The maximum absolute atomic E-state index is 12.4. The third-order valence-corrected chi connectivity index (χ3v) is 5.39. The van der Waals surface area contributed by atoms with Crippen molar-refractivity contribution in [2.24, 2.45) is 0 Å². The lowest BCUT2D eigenvalue weighted by molar-refractivity contribution is -0.136. The molecule has 1 aliphatic rings. The first-order valence-corrected chi connectivity index (χ1v) is 7.82. The number of carboxylic acid groups (broad SMARTS) is 1. The van der Waals surface area contributed by atoms with E-state index in [9.17, 15) is 18.3 Å². The molecular weight excluding hydrogens is 282 g/mol. The minimum atomic E-state index is -3.62. The zero-order chi connectivity index (χ0) is 14.8. The van der Waals surface area contributed by atoms with Gasteiger partial charge < -0.3 is 10.2 Å². The lowest BCUT2D eigenvalue weighted by Gasteiger charge is -2.22. The van der Waals surface area contributed by atoms with Gasteiger partial charge in [-0.05, 0) is 30.5 Å². The van der Waals surface area contributed by atoms with E-state index in [-0.39, 0.29) is 24.0 Å². The van der Waals surface area contributed by atoms with Crippen molar-refractivity contribution in [2.75, 3.05) is 13.2 Å². The molecule has 6 nitrogen and oxygen atoms in total. The van der Waals surface area contributed by atoms with E-state index in [2.05, 4.69) is 0 Å². The molecule has 0 radical (unpaired) electrons. The number of benzene rings is 1. The molecule has 2 rings (SSSR count). The largest absolute Gasteiger partial charge is 0.481 e. The van der Waals surface area contributed by atoms with Crippen LogP contribution in [-0.2, 0) is 21.2 Å². The molecule has 1 aromatic carbocycles. The first kappa shape index (κ1) is 15.0. The van der Waals surface area contributed by atoms with E-state index in [1.165, 1.54) is 28.6 Å². The maximum Gasteiger partial charge on any atom is 0.307 e. The van der Waals surface area contributed by atoms with Gasteiger partial charge in [0.1, 0.15) is 0 Å². The first-order valence-electron chi connectivity index (χ1n) is 6.38. The number of carbonyl (C=O) groups is 1. The topological polar surface area (TPSA) is 94.9 Å². The van der Waals surface area contributed by atoms with Gasteiger partial charge in [0, 0.05) is 12.6 Å². The summed E-state index contributed by atoms with van der Waals surface area (Å²) in [6.45, 7) is 0.223. The van der Waals surface area contributed by atoms with Crippen molar-refractivity contribution >= 4 is 16.0 Å². The molecule has 1 aliphatic heterocycles. The number of nitrogens with zero attached hydrogens (tertiary/aromatic N) is 1. The molecule has 1 atom stereocenters. The Morgan fingerprint density at radius 2 is 1.95 bits per heavy atom. The zero-order valence-electron chi connectivity index (χ0n) is 10.9. The van der Waals surface area contributed by atoms with Crippen molar-refractivity contribution in [1.29, 1.82) is 0 Å². The molecule has 1 fully saturated rings. The van der Waals surface area contributed by atoms with Crippen LogP contribution in [0.15, 0.2) is 29.2 Å². The van der Waals surface area contributed by atoms with Crippen LogP contribution in [0.3, 0.4) is 0 Å². The fourth-order valence-electron chi connectivity index (χ4n) is 2.40. The molecule has 0 saturated carbocycles. The second kappa shape index (κ2) is 5.90. The van der Waals surface area contributed by atoms with Crippen LogP contribution in [0, 0.1) is 0 Å². The number of hydrogen-bond donors (Lipinski definition) is 2. The van der Waals surface area contributed by atoms with Gasteiger partial charge in [0.05, 0.1) is 17.9 Å². The van der Waals surface area contributed by atoms with Gasteiger partial charge in [0.2, 0.25) is 10.0 Å². The number of aliphatic hydroxyl groups is 1. The van der Waals surface area contributed by atoms with Gasteiger partial charge in [-0.1, -0.05) is 12.1 Å². The van der Waals surface area contributed by atoms with E-state index in [0.717, 1.165) is 6.42 Å². The summed E-state index contributed by atoms with van der Waals surface area (Å²) in [5.41, 5.74) is 0.552. The van der Waals surface area contributed by atoms with Crippen LogP contribution >= 0.6 is 0 Å². The van der Waals surface area contributed by atoms with Crippen LogP contribution in [0.2, 0.25) is 0 Å². The second-order valence-corrected chi connectivity index (χ2v) is 6.70. The molecule has 0 amide bonds. The molecule has 0 bridgehead atoms. The molecule has 1 heterocycles. The molecule has 1 aromatic rings. The normalized spacial score (nSPS) is 20.1. The highest BCUT2D eigenvalue weighted by atomic mass is 32.2. The average Bonchev–Trinajstić information content (AvgIpc) is 2.87. The van der Waals surface area contributed by atoms with E-state index >= 15 is 0 Å². The van der Waals surface area contributed by atoms with Crippen molar-refractivity contribution in [3.63, 3.8) is 0 Å². The summed E-state index contributed by atoms with van der Waals surface area (Å²) >= 11 is 0. The van der Waals surface area contributed by atoms with E-state index in [1.54, 1.807) is 0 Å². The fourth-order valence-corrected chi connectivity index (χ4v) is 4.08. The van der Waals surface area contributed by atoms with Gasteiger partial charge in [-0.15, -0.1) is 0 Å².